The predicted octanol–water partition coefficient (Wildman–Crippen LogP) is 14.5. The molecule has 0 saturated heterocycles. The fourth-order valence-electron chi connectivity index (χ4n) is 10.8. The van der Waals surface area contributed by atoms with Gasteiger partial charge in [0.2, 0.25) is 0 Å². The van der Waals surface area contributed by atoms with Crippen molar-refractivity contribution >= 4 is 0 Å². The third kappa shape index (κ3) is 6.14. The third-order valence-corrected chi connectivity index (χ3v) is 13.4. The van der Waals surface area contributed by atoms with Crippen LogP contribution in [0.1, 0.15) is 67.5 Å². The molecule has 11 rings (SSSR count). The zero-order valence-corrected chi connectivity index (χ0v) is 35.6. The smallest absolute Gasteiger partial charge is 0.164 e. The molecule has 8 aromatic carbocycles. The van der Waals surface area contributed by atoms with Gasteiger partial charge in [-0.25, -0.2) is 15.0 Å². The molecule has 298 valence electrons. The van der Waals surface area contributed by atoms with Gasteiger partial charge in [-0.15, -0.1) is 0 Å². The van der Waals surface area contributed by atoms with Gasteiger partial charge in [0.25, 0.3) is 0 Å². The monoisotopic (exact) mass is 797 g/mol. The molecule has 1 aromatic heterocycles. The Bertz CT molecular complexity index is 3040. The number of rotatable bonds is 7. The van der Waals surface area contributed by atoms with Crippen molar-refractivity contribution in [3.05, 3.63) is 234 Å². The van der Waals surface area contributed by atoms with E-state index in [1.807, 2.05) is 0 Å². The van der Waals surface area contributed by atoms with E-state index in [0.717, 1.165) is 45.4 Å². The summed E-state index contributed by atoms with van der Waals surface area (Å²) in [5.74, 6) is 1.94. The van der Waals surface area contributed by atoms with Crippen LogP contribution >= 0.6 is 0 Å². The Labute approximate surface area is 364 Å². The zero-order chi connectivity index (χ0) is 42.1. The van der Waals surface area contributed by atoms with Crippen molar-refractivity contribution in [3.63, 3.8) is 0 Å². The summed E-state index contributed by atoms with van der Waals surface area (Å²) in [6.45, 7) is 9.45. The second kappa shape index (κ2) is 14.5. The minimum absolute atomic E-state index is 0.0239. The Hall–Kier alpha value is -7.23. The second-order valence-electron chi connectivity index (χ2n) is 18.3. The van der Waals surface area contributed by atoms with E-state index in [2.05, 4.69) is 228 Å². The average Bonchev–Trinajstić information content (AvgIpc) is 3.73. The van der Waals surface area contributed by atoms with Crippen LogP contribution in [-0.2, 0) is 16.2 Å². The Kier molecular flexibility index (Phi) is 8.80. The first-order valence-corrected chi connectivity index (χ1v) is 21.7. The van der Waals surface area contributed by atoms with Gasteiger partial charge in [-0.1, -0.05) is 198 Å². The first-order chi connectivity index (χ1) is 30.2. The molecule has 3 nitrogen and oxygen atoms in total. The lowest BCUT2D eigenvalue weighted by Crippen LogP contribution is -2.28. The molecule has 0 spiro atoms. The van der Waals surface area contributed by atoms with Crippen LogP contribution in [0.4, 0.5) is 0 Å². The topological polar surface area (TPSA) is 38.7 Å². The molecule has 0 fully saturated rings. The zero-order valence-electron chi connectivity index (χ0n) is 35.6. The van der Waals surface area contributed by atoms with Gasteiger partial charge in [0.15, 0.2) is 17.5 Å². The Morgan fingerprint density at radius 3 is 1.32 bits per heavy atom. The van der Waals surface area contributed by atoms with Crippen molar-refractivity contribution in [3.8, 4) is 67.5 Å². The molecule has 0 bridgehead atoms. The highest BCUT2D eigenvalue weighted by molar-refractivity contribution is 5.87. The average molecular weight is 798 g/mol. The summed E-state index contributed by atoms with van der Waals surface area (Å²) in [4.78, 5) is 16.2. The van der Waals surface area contributed by atoms with Crippen molar-refractivity contribution in [2.24, 2.45) is 0 Å². The molecular weight excluding hydrogens is 751 g/mol. The van der Waals surface area contributed by atoms with E-state index < -0.39 is 5.41 Å². The molecule has 0 N–H and O–H groups in total. The van der Waals surface area contributed by atoms with E-state index >= 15 is 0 Å². The van der Waals surface area contributed by atoms with Crippen molar-refractivity contribution in [2.45, 2.75) is 50.4 Å². The van der Waals surface area contributed by atoms with E-state index in [0.29, 0.717) is 17.5 Å². The van der Waals surface area contributed by atoms with E-state index in [9.17, 15) is 0 Å². The van der Waals surface area contributed by atoms with Crippen LogP contribution in [0.5, 0.6) is 0 Å². The summed E-state index contributed by atoms with van der Waals surface area (Å²) in [7, 11) is 0. The minimum atomic E-state index is -0.546. The van der Waals surface area contributed by atoms with Gasteiger partial charge in [-0.05, 0) is 114 Å². The predicted molar refractivity (Wildman–Crippen MR) is 255 cm³/mol. The maximum atomic E-state index is 5.42. The van der Waals surface area contributed by atoms with Crippen molar-refractivity contribution in [2.75, 3.05) is 0 Å². The SMILES string of the molecule is CC1(C)CC(C)(C)c2cc(-c3nc(-c4cc(-c5ccccc5)cc(-c5ccccc5)c4)nc(-c4cccc(C5(c6ccccc6)c6ccccc6-c6ccccc65)c4)n3)ccc21. The highest BCUT2D eigenvalue weighted by Gasteiger charge is 2.46. The fourth-order valence-corrected chi connectivity index (χ4v) is 10.8. The van der Waals surface area contributed by atoms with E-state index in [-0.39, 0.29) is 10.8 Å². The summed E-state index contributed by atoms with van der Waals surface area (Å²) in [5, 5.41) is 0. The van der Waals surface area contributed by atoms with Crippen molar-refractivity contribution in [1.82, 2.24) is 15.0 Å². The molecule has 0 amide bonds. The van der Waals surface area contributed by atoms with E-state index in [4.69, 9.17) is 15.0 Å². The van der Waals surface area contributed by atoms with Crippen LogP contribution < -0.4 is 0 Å². The fraction of sp³-hybridized carbons (Fsp3) is 0.136. The molecule has 0 aliphatic heterocycles. The molecule has 62 heavy (non-hydrogen) atoms. The number of hydrogen-bond donors (Lipinski definition) is 0. The number of nitrogens with zero attached hydrogens (tertiary/aromatic N) is 3. The van der Waals surface area contributed by atoms with Crippen LogP contribution in [0.2, 0.25) is 0 Å². The second-order valence-corrected chi connectivity index (χ2v) is 18.3. The third-order valence-electron chi connectivity index (χ3n) is 13.4. The largest absolute Gasteiger partial charge is 0.208 e. The Balaban J connectivity index is 1.15. The van der Waals surface area contributed by atoms with Gasteiger partial charge in [0, 0.05) is 16.7 Å². The molecule has 0 saturated carbocycles. The van der Waals surface area contributed by atoms with Gasteiger partial charge >= 0.3 is 0 Å². The Morgan fingerprint density at radius 1 is 0.306 bits per heavy atom. The molecule has 2 aliphatic carbocycles. The molecule has 0 unspecified atom stereocenters. The minimum Gasteiger partial charge on any atom is -0.208 e. The molecule has 0 atom stereocenters. The summed E-state index contributed by atoms with van der Waals surface area (Å²) in [5.41, 5.74) is 17.2. The maximum Gasteiger partial charge on any atom is 0.164 e. The van der Waals surface area contributed by atoms with Gasteiger partial charge in [-0.2, -0.15) is 0 Å². The van der Waals surface area contributed by atoms with Gasteiger partial charge in [0.1, 0.15) is 0 Å². The van der Waals surface area contributed by atoms with Crippen LogP contribution in [0, 0.1) is 0 Å². The lowest BCUT2D eigenvalue weighted by atomic mass is 9.67. The normalized spacial score (nSPS) is 15.1. The molecular formula is C59H47N3. The molecule has 1 heterocycles. The first-order valence-electron chi connectivity index (χ1n) is 21.7. The van der Waals surface area contributed by atoms with Crippen molar-refractivity contribution < 1.29 is 0 Å². The van der Waals surface area contributed by atoms with Gasteiger partial charge in [0.05, 0.1) is 5.41 Å². The first kappa shape index (κ1) is 37.7. The summed E-state index contributed by atoms with van der Waals surface area (Å²) >= 11 is 0. The number of fused-ring (bicyclic) bond motifs is 4. The summed E-state index contributed by atoms with van der Waals surface area (Å²) in [6.07, 6.45) is 1.09. The van der Waals surface area contributed by atoms with E-state index in [1.54, 1.807) is 0 Å². The van der Waals surface area contributed by atoms with Crippen LogP contribution in [0.15, 0.2) is 200 Å². The highest BCUT2D eigenvalue weighted by atomic mass is 15.0. The standard InChI is InChI=1S/C59H47N3/c1-57(2)38-58(3,4)53-37-42(31-32-52(53)57)55-60-54(61-56(62-55)45-34-43(39-19-8-5-9-20-39)33-44(35-45)40-21-10-6-11-22-40)41-23-18-26-47(36-41)59(46-24-12-7-13-25-46)50-29-16-14-27-48(50)49-28-15-17-30-51(49)59/h5-37H,38H2,1-4H3. The molecule has 3 heteroatoms. The number of hydrogen-bond acceptors (Lipinski definition) is 3. The maximum absolute atomic E-state index is 5.42. The number of benzene rings is 8. The quantitative estimate of drug-likeness (QED) is 0.161. The molecule has 9 aromatic rings. The van der Waals surface area contributed by atoms with Crippen LogP contribution in [-0.4, -0.2) is 15.0 Å². The van der Waals surface area contributed by atoms with Gasteiger partial charge in [-0.3, -0.25) is 0 Å². The van der Waals surface area contributed by atoms with Crippen LogP contribution in [0.3, 0.4) is 0 Å². The van der Waals surface area contributed by atoms with Crippen LogP contribution in [0.25, 0.3) is 67.5 Å². The lowest BCUT2D eigenvalue weighted by molar-refractivity contribution is 0.403. The number of aromatic nitrogens is 3. The summed E-state index contributed by atoms with van der Waals surface area (Å²) in [6, 6.07) is 72.4. The van der Waals surface area contributed by atoms with E-state index in [1.165, 1.54) is 44.5 Å². The lowest BCUT2D eigenvalue weighted by Gasteiger charge is -2.34. The highest BCUT2D eigenvalue weighted by Crippen LogP contribution is 2.56. The van der Waals surface area contributed by atoms with Gasteiger partial charge < -0.3 is 0 Å². The summed E-state index contributed by atoms with van der Waals surface area (Å²) < 4.78 is 0. The Morgan fingerprint density at radius 2 is 0.742 bits per heavy atom. The molecule has 2 aliphatic rings. The molecule has 0 radical (unpaired) electrons. The van der Waals surface area contributed by atoms with Crippen molar-refractivity contribution in [1.29, 1.82) is 0 Å².